The Hall–Kier alpha value is -4.93. The number of carbonyl (C=O) groups is 1. The minimum absolute atomic E-state index is 0.0745. The van der Waals surface area contributed by atoms with E-state index in [1.807, 2.05) is 13.8 Å². The van der Waals surface area contributed by atoms with Crippen molar-refractivity contribution in [1.29, 1.82) is 0 Å². The predicted octanol–water partition coefficient (Wildman–Crippen LogP) is 6.63. The average molecular weight is 557 g/mol. The minimum Gasteiger partial charge on any atom is -0.508 e. The molecule has 4 rings (SSSR count). The molecule has 210 valence electrons. The smallest absolute Gasteiger partial charge is 0.416 e. The van der Waals surface area contributed by atoms with Crippen molar-refractivity contribution in [3.8, 4) is 28.7 Å². The molecule has 4 aromatic rings. The van der Waals surface area contributed by atoms with Gasteiger partial charge < -0.3 is 29.6 Å². The van der Waals surface area contributed by atoms with Crippen molar-refractivity contribution in [2.45, 2.75) is 20.0 Å². The van der Waals surface area contributed by atoms with Crippen molar-refractivity contribution < 1.29 is 37.3 Å². The van der Waals surface area contributed by atoms with Crippen LogP contribution in [0.4, 0.5) is 18.9 Å². The number of anilines is 1. The van der Waals surface area contributed by atoms with Crippen LogP contribution in [0.15, 0.2) is 89.9 Å². The minimum atomic E-state index is -4.64. The van der Waals surface area contributed by atoms with Gasteiger partial charge in [-0.3, -0.25) is 9.59 Å². The molecule has 0 saturated carbocycles. The van der Waals surface area contributed by atoms with Gasteiger partial charge in [-0.05, 0) is 86.6 Å². The summed E-state index contributed by atoms with van der Waals surface area (Å²) < 4.78 is 55.6. The van der Waals surface area contributed by atoms with Crippen molar-refractivity contribution in [2.24, 2.45) is 0 Å². The summed E-state index contributed by atoms with van der Waals surface area (Å²) in [6, 6.07) is 18.2. The second kappa shape index (κ2) is 13.7. The molecule has 0 fully saturated rings. The number of phenols is 1. The second-order valence-corrected chi connectivity index (χ2v) is 8.04. The molecule has 3 N–H and O–H groups in total. The standard InChI is InChI=1S/C21H17F3N2O4.C8H10O2/c1-2-29-15-4-6-16(7-5-15)30-18-8-3-13(21(22,23)24)11-17(18)20(28)26-14-9-10-25-19(27)12-14;1-2-10-8-5-3-7(9)4-6-8/h3-12H,2H2,1H3,(H2,25,26,27,28);3-6,9H,2H2,1H3. The number of amides is 1. The first-order valence-electron chi connectivity index (χ1n) is 12.1. The van der Waals surface area contributed by atoms with Gasteiger partial charge in [-0.25, -0.2) is 0 Å². The van der Waals surface area contributed by atoms with Crippen LogP contribution in [0, 0.1) is 0 Å². The number of aromatic hydroxyl groups is 1. The largest absolute Gasteiger partial charge is 0.508 e. The average Bonchev–Trinajstić information content (AvgIpc) is 2.91. The molecule has 3 aromatic carbocycles. The highest BCUT2D eigenvalue weighted by Gasteiger charge is 2.32. The van der Waals surface area contributed by atoms with Gasteiger partial charge in [0.25, 0.3) is 5.91 Å². The van der Waals surface area contributed by atoms with Gasteiger partial charge in [-0.15, -0.1) is 0 Å². The molecule has 0 atom stereocenters. The molecular formula is C29H27F3N2O6. The summed E-state index contributed by atoms with van der Waals surface area (Å²) in [5, 5.41) is 11.3. The number of ether oxygens (including phenoxy) is 3. The van der Waals surface area contributed by atoms with Gasteiger partial charge in [0.05, 0.1) is 24.3 Å². The van der Waals surface area contributed by atoms with Crippen LogP contribution in [0.25, 0.3) is 0 Å². The fourth-order valence-corrected chi connectivity index (χ4v) is 3.30. The first kappa shape index (κ1) is 29.6. The molecule has 0 radical (unpaired) electrons. The SMILES string of the molecule is CCOc1ccc(O)cc1.CCOc1ccc(Oc2ccc(C(F)(F)F)cc2C(=O)Nc2cc[nH]c(=O)c2)cc1. The highest BCUT2D eigenvalue weighted by atomic mass is 19.4. The Balaban J connectivity index is 0.000000371. The summed E-state index contributed by atoms with van der Waals surface area (Å²) >= 11 is 0. The van der Waals surface area contributed by atoms with Gasteiger partial charge in [0.2, 0.25) is 5.56 Å². The van der Waals surface area contributed by atoms with Crippen molar-refractivity contribution in [3.05, 3.63) is 107 Å². The summed E-state index contributed by atoms with van der Waals surface area (Å²) in [5.74, 6) is 1.04. The Kier molecular flexibility index (Phi) is 10.2. The highest BCUT2D eigenvalue weighted by Crippen LogP contribution is 2.35. The van der Waals surface area contributed by atoms with Crippen LogP contribution in [0.2, 0.25) is 0 Å². The number of pyridine rings is 1. The molecule has 40 heavy (non-hydrogen) atoms. The number of aromatic nitrogens is 1. The fraction of sp³-hybridized carbons (Fsp3) is 0.172. The molecule has 0 bridgehead atoms. The van der Waals surface area contributed by atoms with E-state index in [2.05, 4.69) is 10.3 Å². The molecule has 8 nitrogen and oxygen atoms in total. The third kappa shape index (κ3) is 8.83. The summed E-state index contributed by atoms with van der Waals surface area (Å²) in [6.07, 6.45) is -3.34. The van der Waals surface area contributed by atoms with Crippen LogP contribution in [0.1, 0.15) is 29.8 Å². The lowest BCUT2D eigenvalue weighted by molar-refractivity contribution is -0.137. The Morgan fingerprint density at radius 2 is 1.43 bits per heavy atom. The van der Waals surface area contributed by atoms with Crippen molar-refractivity contribution in [1.82, 2.24) is 4.98 Å². The molecule has 0 aliphatic rings. The van der Waals surface area contributed by atoms with Gasteiger partial charge in [0.1, 0.15) is 28.7 Å². The lowest BCUT2D eigenvalue weighted by Crippen LogP contribution is -2.16. The van der Waals surface area contributed by atoms with E-state index in [4.69, 9.17) is 19.3 Å². The zero-order valence-corrected chi connectivity index (χ0v) is 21.6. The molecule has 0 unspecified atom stereocenters. The zero-order valence-electron chi connectivity index (χ0n) is 21.6. The molecule has 1 heterocycles. The van der Waals surface area contributed by atoms with Crippen molar-refractivity contribution >= 4 is 11.6 Å². The molecule has 1 amide bonds. The topological polar surface area (TPSA) is 110 Å². The molecule has 11 heteroatoms. The normalized spacial score (nSPS) is 10.6. The van der Waals surface area contributed by atoms with Gasteiger partial charge in [-0.2, -0.15) is 13.2 Å². The summed E-state index contributed by atoms with van der Waals surface area (Å²) in [4.78, 5) is 26.4. The van der Waals surface area contributed by atoms with E-state index in [0.717, 1.165) is 23.9 Å². The van der Waals surface area contributed by atoms with Crippen LogP contribution < -0.4 is 25.1 Å². The van der Waals surface area contributed by atoms with E-state index in [1.165, 1.54) is 12.3 Å². The van der Waals surface area contributed by atoms with Crippen LogP contribution in [0.3, 0.4) is 0 Å². The number of hydrogen-bond acceptors (Lipinski definition) is 6. The van der Waals surface area contributed by atoms with Crippen LogP contribution in [0.5, 0.6) is 28.7 Å². The first-order chi connectivity index (χ1) is 19.1. The summed E-state index contributed by atoms with van der Waals surface area (Å²) in [5.41, 5.74) is -1.67. The predicted molar refractivity (Wildman–Crippen MR) is 143 cm³/mol. The first-order valence-corrected chi connectivity index (χ1v) is 12.1. The van der Waals surface area contributed by atoms with E-state index in [0.29, 0.717) is 30.8 Å². The number of phenolic OH excluding ortho intramolecular Hbond substituents is 1. The van der Waals surface area contributed by atoms with E-state index in [1.54, 1.807) is 48.5 Å². The number of halogens is 3. The van der Waals surface area contributed by atoms with Gasteiger partial charge in [-0.1, -0.05) is 0 Å². The Morgan fingerprint density at radius 1 is 0.850 bits per heavy atom. The molecular weight excluding hydrogens is 529 g/mol. The zero-order chi connectivity index (χ0) is 29.1. The quantitative estimate of drug-likeness (QED) is 0.225. The van der Waals surface area contributed by atoms with Crippen LogP contribution in [-0.4, -0.2) is 29.2 Å². The number of hydrogen-bond donors (Lipinski definition) is 3. The number of aromatic amines is 1. The monoisotopic (exact) mass is 556 g/mol. The second-order valence-electron chi connectivity index (χ2n) is 8.04. The number of alkyl halides is 3. The molecule has 1 aromatic heterocycles. The van der Waals surface area contributed by atoms with Crippen molar-refractivity contribution in [3.63, 3.8) is 0 Å². The molecule has 0 saturated heterocycles. The van der Waals surface area contributed by atoms with E-state index >= 15 is 0 Å². The summed E-state index contributed by atoms with van der Waals surface area (Å²) in [7, 11) is 0. The molecule has 0 aliphatic heterocycles. The third-order valence-electron chi connectivity index (χ3n) is 5.09. The van der Waals surface area contributed by atoms with E-state index in [9.17, 15) is 22.8 Å². The third-order valence-corrected chi connectivity index (χ3v) is 5.09. The Morgan fingerprint density at radius 3 is 1.98 bits per heavy atom. The molecule has 0 spiro atoms. The maximum atomic E-state index is 13.2. The number of benzene rings is 3. The van der Waals surface area contributed by atoms with Gasteiger partial charge in [0, 0.05) is 18.0 Å². The van der Waals surface area contributed by atoms with Crippen LogP contribution >= 0.6 is 0 Å². The Bertz CT molecular complexity index is 1450. The number of carbonyl (C=O) groups excluding carboxylic acids is 1. The lowest BCUT2D eigenvalue weighted by Gasteiger charge is -2.15. The number of nitrogens with one attached hydrogen (secondary N) is 2. The van der Waals surface area contributed by atoms with Gasteiger partial charge >= 0.3 is 6.18 Å². The fourth-order valence-electron chi connectivity index (χ4n) is 3.30. The maximum absolute atomic E-state index is 13.2. The highest BCUT2D eigenvalue weighted by molar-refractivity contribution is 6.06. The summed E-state index contributed by atoms with van der Waals surface area (Å²) in [6.45, 7) is 4.89. The maximum Gasteiger partial charge on any atom is 0.416 e. The van der Waals surface area contributed by atoms with Crippen molar-refractivity contribution in [2.75, 3.05) is 18.5 Å². The lowest BCUT2D eigenvalue weighted by atomic mass is 10.1. The number of rotatable bonds is 8. The van der Waals surface area contributed by atoms with E-state index < -0.39 is 23.2 Å². The van der Waals surface area contributed by atoms with Crippen LogP contribution in [-0.2, 0) is 6.18 Å². The number of H-pyrrole nitrogens is 1. The Labute approximate surface area is 228 Å². The van der Waals surface area contributed by atoms with Gasteiger partial charge in [0.15, 0.2) is 0 Å². The van der Waals surface area contributed by atoms with E-state index in [-0.39, 0.29) is 22.7 Å². The molecule has 0 aliphatic carbocycles.